The van der Waals surface area contributed by atoms with Crippen molar-refractivity contribution < 1.29 is 9.53 Å². The maximum atomic E-state index is 12.9. The molecule has 3 rings (SSSR count). The van der Waals surface area contributed by atoms with E-state index in [1.54, 1.807) is 6.20 Å². The second-order valence-corrected chi connectivity index (χ2v) is 6.64. The van der Waals surface area contributed by atoms with Gasteiger partial charge in [0.15, 0.2) is 0 Å². The zero-order chi connectivity index (χ0) is 17.6. The van der Waals surface area contributed by atoms with Crippen LogP contribution in [-0.4, -0.2) is 46.4 Å². The highest BCUT2D eigenvalue weighted by Gasteiger charge is 2.27. The molecule has 1 aromatic heterocycles. The highest BCUT2D eigenvalue weighted by Crippen LogP contribution is 2.17. The molecule has 0 saturated carbocycles. The number of aryl methyl sites for hydroxylation is 2. The molecule has 1 aliphatic rings. The van der Waals surface area contributed by atoms with E-state index >= 15 is 0 Å². The first kappa shape index (κ1) is 17.7. The van der Waals surface area contributed by atoms with Gasteiger partial charge in [-0.2, -0.15) is 5.10 Å². The van der Waals surface area contributed by atoms with E-state index in [1.165, 1.54) is 5.56 Å². The average molecular weight is 341 g/mol. The number of morpholine rings is 1. The van der Waals surface area contributed by atoms with Crippen LogP contribution in [0.4, 0.5) is 0 Å². The molecule has 0 unspecified atom stereocenters. The monoisotopic (exact) mass is 341 g/mol. The Morgan fingerprint density at radius 1 is 1.32 bits per heavy atom. The lowest BCUT2D eigenvalue weighted by atomic mass is 10.1. The van der Waals surface area contributed by atoms with Crippen LogP contribution in [0.1, 0.15) is 41.4 Å². The van der Waals surface area contributed by atoms with E-state index in [4.69, 9.17) is 4.74 Å². The van der Waals surface area contributed by atoms with E-state index in [1.807, 2.05) is 22.6 Å². The highest BCUT2D eigenvalue weighted by molar-refractivity contribution is 5.95. The van der Waals surface area contributed by atoms with Crippen molar-refractivity contribution in [1.29, 1.82) is 0 Å². The summed E-state index contributed by atoms with van der Waals surface area (Å²) in [7, 11) is 0. The van der Waals surface area contributed by atoms with Crippen molar-refractivity contribution in [1.82, 2.24) is 14.7 Å². The summed E-state index contributed by atoms with van der Waals surface area (Å²) in [5, 5.41) is 4.35. The summed E-state index contributed by atoms with van der Waals surface area (Å²) in [6.45, 7) is 6.85. The summed E-state index contributed by atoms with van der Waals surface area (Å²) in [4.78, 5) is 14.8. The second-order valence-electron chi connectivity index (χ2n) is 6.64. The van der Waals surface area contributed by atoms with Crippen LogP contribution in [0.2, 0.25) is 0 Å². The Morgan fingerprint density at radius 3 is 2.88 bits per heavy atom. The van der Waals surface area contributed by atoms with E-state index in [2.05, 4.69) is 36.3 Å². The van der Waals surface area contributed by atoms with Crippen molar-refractivity contribution in [3.05, 3.63) is 53.3 Å². The van der Waals surface area contributed by atoms with Gasteiger partial charge in [0, 0.05) is 25.3 Å². The molecule has 1 aliphatic heterocycles. The molecule has 1 atom stereocenters. The Balaban J connectivity index is 1.60. The summed E-state index contributed by atoms with van der Waals surface area (Å²) >= 11 is 0. The number of hydrogen-bond acceptors (Lipinski definition) is 3. The number of aromatic nitrogens is 2. The number of carbonyl (C=O) groups is 1. The van der Waals surface area contributed by atoms with Crippen LogP contribution < -0.4 is 0 Å². The van der Waals surface area contributed by atoms with Gasteiger partial charge in [0.25, 0.3) is 5.91 Å². The van der Waals surface area contributed by atoms with Gasteiger partial charge in [-0.05, 0) is 31.7 Å². The Labute approximate surface area is 149 Å². The van der Waals surface area contributed by atoms with Crippen molar-refractivity contribution in [2.45, 2.75) is 45.8 Å². The van der Waals surface area contributed by atoms with E-state index < -0.39 is 0 Å². The average Bonchev–Trinajstić information content (AvgIpc) is 3.01. The third-order valence-corrected chi connectivity index (χ3v) is 4.79. The smallest absolute Gasteiger partial charge is 0.257 e. The molecule has 0 spiro atoms. The molecule has 2 aromatic rings. The molecule has 0 bridgehead atoms. The molecule has 5 nitrogen and oxygen atoms in total. The number of ether oxygens (including phenoxy) is 1. The van der Waals surface area contributed by atoms with Crippen molar-refractivity contribution in [2.75, 3.05) is 19.7 Å². The fourth-order valence-corrected chi connectivity index (χ4v) is 3.31. The number of nitrogens with zero attached hydrogens (tertiary/aromatic N) is 3. The third kappa shape index (κ3) is 4.28. The van der Waals surface area contributed by atoms with E-state index in [-0.39, 0.29) is 12.0 Å². The quantitative estimate of drug-likeness (QED) is 0.811. The zero-order valence-electron chi connectivity index (χ0n) is 15.1. The van der Waals surface area contributed by atoms with Gasteiger partial charge >= 0.3 is 0 Å². The van der Waals surface area contributed by atoms with Gasteiger partial charge in [0.2, 0.25) is 0 Å². The van der Waals surface area contributed by atoms with Crippen LogP contribution in [0.25, 0.3) is 0 Å². The van der Waals surface area contributed by atoms with Crippen molar-refractivity contribution in [2.24, 2.45) is 0 Å². The first-order chi connectivity index (χ1) is 12.2. The number of hydrogen-bond donors (Lipinski definition) is 0. The molecule has 25 heavy (non-hydrogen) atoms. The highest BCUT2D eigenvalue weighted by atomic mass is 16.5. The van der Waals surface area contributed by atoms with E-state index in [9.17, 15) is 4.79 Å². The van der Waals surface area contributed by atoms with Gasteiger partial charge in [-0.25, -0.2) is 0 Å². The summed E-state index contributed by atoms with van der Waals surface area (Å²) in [6, 6.07) is 10.4. The topological polar surface area (TPSA) is 47.4 Å². The largest absolute Gasteiger partial charge is 0.375 e. The third-order valence-electron chi connectivity index (χ3n) is 4.79. The minimum atomic E-state index is 0.0767. The van der Waals surface area contributed by atoms with Gasteiger partial charge in [-0.1, -0.05) is 37.3 Å². The molecule has 5 heteroatoms. The Hall–Kier alpha value is -2.14. The number of amides is 1. The summed E-state index contributed by atoms with van der Waals surface area (Å²) < 4.78 is 7.79. The first-order valence-electron chi connectivity index (χ1n) is 9.16. The maximum absolute atomic E-state index is 12.9. The van der Waals surface area contributed by atoms with Crippen LogP contribution in [-0.2, 0) is 17.7 Å². The molecular weight excluding hydrogens is 314 g/mol. The second kappa shape index (κ2) is 8.30. The van der Waals surface area contributed by atoms with Gasteiger partial charge in [0.1, 0.15) is 0 Å². The first-order valence-corrected chi connectivity index (χ1v) is 9.16. The lowest BCUT2D eigenvalue weighted by Gasteiger charge is -2.33. The fraction of sp³-hybridized carbons (Fsp3) is 0.500. The van der Waals surface area contributed by atoms with Crippen LogP contribution in [0.3, 0.4) is 0 Å². The van der Waals surface area contributed by atoms with Crippen LogP contribution in [0.15, 0.2) is 36.5 Å². The molecule has 134 valence electrons. The summed E-state index contributed by atoms with van der Waals surface area (Å²) in [5.41, 5.74) is 2.99. The van der Waals surface area contributed by atoms with E-state index in [0.29, 0.717) is 19.7 Å². The molecule has 0 N–H and O–H groups in total. The lowest BCUT2D eigenvalue weighted by molar-refractivity contribution is -0.0246. The minimum absolute atomic E-state index is 0.0767. The molecule has 2 heterocycles. The normalized spacial score (nSPS) is 17.7. The van der Waals surface area contributed by atoms with Crippen LogP contribution in [0, 0.1) is 6.92 Å². The Morgan fingerprint density at radius 2 is 2.12 bits per heavy atom. The van der Waals surface area contributed by atoms with Gasteiger partial charge in [0.05, 0.1) is 24.5 Å². The van der Waals surface area contributed by atoms with Crippen molar-refractivity contribution in [3.8, 4) is 0 Å². The van der Waals surface area contributed by atoms with E-state index in [0.717, 1.165) is 37.1 Å². The SMILES string of the molecule is CCCn1ncc(C(=O)N2CCO[C@@H](CCc3ccccc3)C2)c1C. The zero-order valence-corrected chi connectivity index (χ0v) is 15.1. The van der Waals surface area contributed by atoms with Gasteiger partial charge in [-0.15, -0.1) is 0 Å². The molecule has 0 aliphatic carbocycles. The molecule has 1 saturated heterocycles. The van der Waals surface area contributed by atoms with Gasteiger partial charge < -0.3 is 9.64 Å². The predicted molar refractivity (Wildman–Crippen MR) is 97.7 cm³/mol. The van der Waals surface area contributed by atoms with Crippen LogP contribution >= 0.6 is 0 Å². The Bertz CT molecular complexity index is 696. The number of benzene rings is 1. The molecule has 1 aromatic carbocycles. The number of rotatable bonds is 6. The summed E-state index contributed by atoms with van der Waals surface area (Å²) in [5.74, 6) is 0.0767. The van der Waals surface area contributed by atoms with Crippen molar-refractivity contribution >= 4 is 5.91 Å². The Kier molecular flexibility index (Phi) is 5.87. The fourth-order valence-electron chi connectivity index (χ4n) is 3.31. The molecule has 1 fully saturated rings. The van der Waals surface area contributed by atoms with Crippen LogP contribution in [0.5, 0.6) is 0 Å². The predicted octanol–water partition coefficient (Wildman–Crippen LogP) is 3.08. The molecule has 1 amide bonds. The molecular formula is C20H27N3O2. The maximum Gasteiger partial charge on any atom is 0.257 e. The minimum Gasteiger partial charge on any atom is -0.375 e. The standard InChI is InChI=1S/C20H27N3O2/c1-3-11-23-16(2)19(14-21-23)20(24)22-12-13-25-18(15-22)10-9-17-7-5-4-6-8-17/h4-8,14,18H,3,9-13,15H2,1-2H3/t18-/m0/s1. The lowest BCUT2D eigenvalue weighted by Crippen LogP contribution is -2.45. The number of carbonyl (C=O) groups excluding carboxylic acids is 1. The molecule has 0 radical (unpaired) electrons. The van der Waals surface area contributed by atoms with Crippen molar-refractivity contribution in [3.63, 3.8) is 0 Å². The van der Waals surface area contributed by atoms with Gasteiger partial charge in [-0.3, -0.25) is 9.48 Å². The summed E-state index contributed by atoms with van der Waals surface area (Å²) in [6.07, 6.45) is 4.73.